The number of rotatable bonds is 32. The molecule has 0 bridgehead atoms. The Hall–Kier alpha value is 0.590. The topological polar surface area (TPSA) is 131 Å². The van der Waals surface area contributed by atoms with Gasteiger partial charge < -0.3 is 37.7 Å². The fourth-order valence-corrected chi connectivity index (χ4v) is 3.40. The van der Waals surface area contributed by atoms with Crippen molar-refractivity contribution in [2.45, 2.75) is 64.7 Å². The maximum absolute atomic E-state index is 10.2. The van der Waals surface area contributed by atoms with E-state index in [2.05, 4.69) is 11.1 Å². The molecule has 0 spiro atoms. The van der Waals surface area contributed by atoms with Crippen LogP contribution >= 0.6 is 0 Å². The molecule has 0 saturated heterocycles. The standard InChI is InChI=1S/C25H52O11S.Na/c1-2-3-4-5-6-7-8-9-10-11-29-12-13-30-14-15-31-16-17-32-18-19-33-20-21-34-22-23-35-24-25-36-37(26,27)28;/h2-25H2,1H3,(H,26,27,28);/q;+1/p-1. The van der Waals surface area contributed by atoms with E-state index in [1.165, 1.54) is 51.4 Å². The third-order valence-electron chi connectivity index (χ3n) is 5.08. The predicted molar refractivity (Wildman–Crippen MR) is 139 cm³/mol. The van der Waals surface area contributed by atoms with Crippen molar-refractivity contribution in [1.29, 1.82) is 0 Å². The van der Waals surface area contributed by atoms with Gasteiger partial charge in [0.1, 0.15) is 0 Å². The molecule has 0 rings (SSSR count). The van der Waals surface area contributed by atoms with Gasteiger partial charge in [0.2, 0.25) is 10.4 Å². The number of hydrogen-bond acceptors (Lipinski definition) is 11. The van der Waals surface area contributed by atoms with Crippen molar-refractivity contribution in [1.82, 2.24) is 0 Å². The average Bonchev–Trinajstić information content (AvgIpc) is 2.86. The van der Waals surface area contributed by atoms with Gasteiger partial charge in [-0.25, -0.2) is 8.42 Å². The molecule has 224 valence electrons. The van der Waals surface area contributed by atoms with E-state index in [9.17, 15) is 13.0 Å². The summed E-state index contributed by atoms with van der Waals surface area (Å²) in [6.07, 6.45) is 11.9. The van der Waals surface area contributed by atoms with Crippen LogP contribution < -0.4 is 29.6 Å². The van der Waals surface area contributed by atoms with Crippen LogP contribution in [0, 0.1) is 0 Å². The second kappa shape index (κ2) is 33.8. The molecule has 0 N–H and O–H groups in total. The summed E-state index contributed by atoms with van der Waals surface area (Å²) in [5.74, 6) is 0. The summed E-state index contributed by atoms with van der Waals surface area (Å²) >= 11 is 0. The van der Waals surface area contributed by atoms with Crippen LogP contribution in [-0.2, 0) is 47.7 Å². The van der Waals surface area contributed by atoms with Crippen molar-refractivity contribution in [3.05, 3.63) is 0 Å². The molecule has 0 atom stereocenters. The molecule has 0 aromatic rings. The van der Waals surface area contributed by atoms with Gasteiger partial charge in [0.15, 0.2) is 0 Å². The van der Waals surface area contributed by atoms with E-state index in [1.54, 1.807) is 0 Å². The molecule has 0 aliphatic rings. The summed E-state index contributed by atoms with van der Waals surface area (Å²) in [6, 6.07) is 0. The van der Waals surface area contributed by atoms with Gasteiger partial charge in [-0.1, -0.05) is 58.3 Å². The van der Waals surface area contributed by atoms with E-state index in [0.717, 1.165) is 13.0 Å². The molecule has 0 saturated carbocycles. The van der Waals surface area contributed by atoms with Crippen LogP contribution in [0.3, 0.4) is 0 Å². The van der Waals surface area contributed by atoms with Gasteiger partial charge in [0.05, 0.1) is 92.5 Å². The van der Waals surface area contributed by atoms with Crippen LogP contribution in [-0.4, -0.2) is 112 Å². The van der Waals surface area contributed by atoms with E-state index in [0.29, 0.717) is 72.7 Å². The van der Waals surface area contributed by atoms with Gasteiger partial charge in [-0.05, 0) is 6.42 Å². The summed E-state index contributed by atoms with van der Waals surface area (Å²) in [4.78, 5) is 0. The molecule has 0 radical (unpaired) electrons. The van der Waals surface area contributed by atoms with Crippen LogP contribution in [0.5, 0.6) is 0 Å². The molecule has 0 unspecified atom stereocenters. The largest absolute Gasteiger partial charge is 1.00 e. The Bertz CT molecular complexity index is 541. The first kappa shape index (κ1) is 40.7. The summed E-state index contributed by atoms with van der Waals surface area (Å²) in [7, 11) is -4.66. The minimum atomic E-state index is -4.66. The predicted octanol–water partition coefficient (Wildman–Crippen LogP) is 0.114. The molecule has 0 fully saturated rings. The number of hydrogen-bond donors (Lipinski definition) is 0. The van der Waals surface area contributed by atoms with E-state index in [4.69, 9.17) is 33.2 Å². The minimum Gasteiger partial charge on any atom is -0.726 e. The normalized spacial score (nSPS) is 11.6. The molecular formula is C25H51NaO11S. The van der Waals surface area contributed by atoms with Crippen LogP contribution in [0.1, 0.15) is 64.7 Å². The summed E-state index contributed by atoms with van der Waals surface area (Å²) < 4.78 is 72.3. The summed E-state index contributed by atoms with van der Waals surface area (Å²) in [5, 5.41) is 0. The first-order valence-corrected chi connectivity index (χ1v) is 15.0. The maximum Gasteiger partial charge on any atom is 1.00 e. The van der Waals surface area contributed by atoms with Crippen molar-refractivity contribution in [3.63, 3.8) is 0 Å². The van der Waals surface area contributed by atoms with Gasteiger partial charge in [-0.3, -0.25) is 4.18 Å². The number of unbranched alkanes of at least 4 members (excludes halogenated alkanes) is 8. The second-order valence-corrected chi connectivity index (χ2v) is 9.40. The van der Waals surface area contributed by atoms with Gasteiger partial charge in [0, 0.05) is 6.61 Å². The van der Waals surface area contributed by atoms with Crippen LogP contribution in [0.25, 0.3) is 0 Å². The smallest absolute Gasteiger partial charge is 0.726 e. The Kier molecular flexibility index (Phi) is 36.2. The monoisotopic (exact) mass is 582 g/mol. The van der Waals surface area contributed by atoms with E-state index >= 15 is 0 Å². The van der Waals surface area contributed by atoms with Gasteiger partial charge in [0.25, 0.3) is 0 Å². The molecule has 0 heterocycles. The van der Waals surface area contributed by atoms with Crippen molar-refractivity contribution in [2.75, 3.05) is 99.1 Å². The molecule has 38 heavy (non-hydrogen) atoms. The van der Waals surface area contributed by atoms with Gasteiger partial charge >= 0.3 is 29.6 Å². The molecule has 11 nitrogen and oxygen atoms in total. The molecule has 0 aromatic heterocycles. The average molecular weight is 583 g/mol. The van der Waals surface area contributed by atoms with Crippen molar-refractivity contribution in [2.24, 2.45) is 0 Å². The zero-order valence-corrected chi connectivity index (χ0v) is 26.7. The van der Waals surface area contributed by atoms with Crippen LogP contribution in [0.4, 0.5) is 0 Å². The zero-order chi connectivity index (χ0) is 27.1. The quantitative estimate of drug-likeness (QED) is 0.0464. The Morgan fingerprint density at radius 2 is 0.684 bits per heavy atom. The summed E-state index contributed by atoms with van der Waals surface area (Å²) in [6.45, 7) is 8.44. The van der Waals surface area contributed by atoms with Crippen LogP contribution in [0.15, 0.2) is 0 Å². The molecule has 0 aliphatic carbocycles. The SMILES string of the molecule is CCCCCCCCCCCOCCOCCOCCOCCOCCOCCOCCOS(=O)(=O)[O-].[Na+]. The maximum atomic E-state index is 10.2. The fraction of sp³-hybridized carbons (Fsp3) is 1.00. The van der Waals surface area contributed by atoms with Crippen LogP contribution in [0.2, 0.25) is 0 Å². The third-order valence-corrected chi connectivity index (χ3v) is 5.53. The third kappa shape index (κ3) is 38.7. The molecular weight excluding hydrogens is 531 g/mol. The minimum absolute atomic E-state index is 0. The summed E-state index contributed by atoms with van der Waals surface area (Å²) in [5.41, 5.74) is 0. The molecule has 13 heteroatoms. The molecule has 0 amide bonds. The second-order valence-electron chi connectivity index (χ2n) is 8.35. The number of ether oxygens (including phenoxy) is 7. The Morgan fingerprint density at radius 3 is 1.00 bits per heavy atom. The van der Waals surface area contributed by atoms with Crippen molar-refractivity contribution in [3.8, 4) is 0 Å². The Balaban J connectivity index is 0. The first-order chi connectivity index (χ1) is 18.1. The fourth-order valence-electron chi connectivity index (χ4n) is 3.13. The Morgan fingerprint density at radius 1 is 0.421 bits per heavy atom. The van der Waals surface area contributed by atoms with E-state index < -0.39 is 10.4 Å². The molecule has 0 aromatic carbocycles. The molecule has 0 aliphatic heterocycles. The Labute approximate surface area is 253 Å². The van der Waals surface area contributed by atoms with Crippen molar-refractivity contribution < 1.29 is 79.9 Å². The van der Waals surface area contributed by atoms with Gasteiger partial charge in [-0.15, -0.1) is 0 Å². The zero-order valence-electron chi connectivity index (χ0n) is 23.9. The van der Waals surface area contributed by atoms with Crippen molar-refractivity contribution >= 4 is 10.4 Å². The van der Waals surface area contributed by atoms with Gasteiger partial charge in [-0.2, -0.15) is 0 Å². The van der Waals surface area contributed by atoms with E-state index in [-0.39, 0.29) is 49.4 Å². The van der Waals surface area contributed by atoms with E-state index in [1.807, 2.05) is 0 Å². The first-order valence-electron chi connectivity index (χ1n) is 13.7.